The molecule has 1 heterocycles. The number of likely N-dealkylation sites (tertiary alicyclic amines) is 1. The van der Waals surface area contributed by atoms with E-state index in [-0.39, 0.29) is 5.75 Å². The van der Waals surface area contributed by atoms with Crippen LogP contribution in [0.2, 0.25) is 0 Å². The normalized spacial score (nSPS) is 16.9. The first-order chi connectivity index (χ1) is 11.3. The third-order valence-corrected chi connectivity index (χ3v) is 6.31. The predicted molar refractivity (Wildman–Crippen MR) is 99.5 cm³/mol. The Kier molecular flexibility index (Phi) is 7.25. The van der Waals surface area contributed by atoms with Gasteiger partial charge in [-0.25, -0.2) is 8.42 Å². The van der Waals surface area contributed by atoms with Crippen LogP contribution in [0.3, 0.4) is 0 Å². The number of sulfone groups is 1. The molecule has 0 radical (unpaired) electrons. The third-order valence-electron chi connectivity index (χ3n) is 4.34. The van der Waals surface area contributed by atoms with Gasteiger partial charge in [0.25, 0.3) is 0 Å². The summed E-state index contributed by atoms with van der Waals surface area (Å²) in [7, 11) is -1.33. The van der Waals surface area contributed by atoms with E-state index >= 15 is 0 Å². The minimum absolute atomic E-state index is 0.116. The Hall–Kier alpha value is -0.920. The molecule has 1 aliphatic heterocycles. The molecule has 7 heteroatoms. The Bertz CT molecular complexity index is 656. The van der Waals surface area contributed by atoms with Crippen LogP contribution in [0.1, 0.15) is 24.8 Å². The Morgan fingerprint density at radius 3 is 2.71 bits per heavy atom. The smallest absolute Gasteiger partial charge is 0.235 e. The number of nitrogens with one attached hydrogen (secondary N) is 1. The number of halogens is 1. The number of nitrogens with zero attached hydrogens (tertiary/aromatic N) is 1. The zero-order chi connectivity index (χ0) is 17.6. The summed E-state index contributed by atoms with van der Waals surface area (Å²) < 4.78 is 25.1. The highest BCUT2D eigenvalue weighted by molar-refractivity contribution is 9.10. The molecule has 0 aliphatic carbocycles. The average molecular weight is 417 g/mol. The van der Waals surface area contributed by atoms with E-state index in [0.717, 1.165) is 36.8 Å². The van der Waals surface area contributed by atoms with Gasteiger partial charge >= 0.3 is 0 Å². The second-order valence-corrected chi connectivity index (χ2v) is 9.53. The Morgan fingerprint density at radius 1 is 1.33 bits per heavy atom. The quantitative estimate of drug-likeness (QED) is 0.739. The summed E-state index contributed by atoms with van der Waals surface area (Å²) in [6.07, 6.45) is 3.21. The topological polar surface area (TPSA) is 66.5 Å². The lowest BCUT2D eigenvalue weighted by atomic mass is 9.94. The molecule has 1 aliphatic rings. The SMILES string of the molecule is CN1CCC(CCNC(=O)CS(=O)(=O)Cc2cccc(Br)c2)CC1. The number of amides is 1. The summed E-state index contributed by atoms with van der Waals surface area (Å²) in [5.41, 5.74) is 0.684. The van der Waals surface area contributed by atoms with Crippen molar-refractivity contribution in [1.82, 2.24) is 10.2 Å². The Morgan fingerprint density at radius 2 is 2.04 bits per heavy atom. The lowest BCUT2D eigenvalue weighted by Gasteiger charge is -2.28. The van der Waals surface area contributed by atoms with E-state index in [9.17, 15) is 13.2 Å². The molecular formula is C17H25BrN2O3S. The molecule has 1 aromatic carbocycles. The van der Waals surface area contributed by atoms with Gasteiger partial charge in [0.2, 0.25) is 5.91 Å². The molecular weight excluding hydrogens is 392 g/mol. The number of carbonyl (C=O) groups excluding carboxylic acids is 1. The van der Waals surface area contributed by atoms with E-state index in [1.165, 1.54) is 0 Å². The van der Waals surface area contributed by atoms with Gasteiger partial charge in [-0.15, -0.1) is 0 Å². The Balaban J connectivity index is 1.72. The van der Waals surface area contributed by atoms with Crippen LogP contribution in [0, 0.1) is 5.92 Å². The molecule has 0 bridgehead atoms. The van der Waals surface area contributed by atoms with Crippen LogP contribution >= 0.6 is 15.9 Å². The first-order valence-electron chi connectivity index (χ1n) is 8.24. The van der Waals surface area contributed by atoms with Crippen molar-refractivity contribution >= 4 is 31.7 Å². The molecule has 24 heavy (non-hydrogen) atoms. The molecule has 0 saturated carbocycles. The maximum Gasteiger partial charge on any atom is 0.235 e. The van der Waals surface area contributed by atoms with Crippen molar-refractivity contribution < 1.29 is 13.2 Å². The summed E-state index contributed by atoms with van der Waals surface area (Å²) in [4.78, 5) is 14.2. The number of rotatable bonds is 7. The number of hydrogen-bond donors (Lipinski definition) is 1. The first kappa shape index (κ1) is 19.4. The maximum absolute atomic E-state index is 12.1. The van der Waals surface area contributed by atoms with Crippen LogP contribution < -0.4 is 5.32 Å². The molecule has 0 atom stereocenters. The van der Waals surface area contributed by atoms with Gasteiger partial charge in [0.05, 0.1) is 5.75 Å². The van der Waals surface area contributed by atoms with E-state index in [4.69, 9.17) is 0 Å². The number of carbonyl (C=O) groups is 1. The van der Waals surface area contributed by atoms with Crippen LogP contribution in [0.5, 0.6) is 0 Å². The van der Waals surface area contributed by atoms with E-state index in [2.05, 4.69) is 33.2 Å². The predicted octanol–water partition coefficient (Wildman–Crippen LogP) is 2.21. The fourth-order valence-electron chi connectivity index (χ4n) is 2.95. The van der Waals surface area contributed by atoms with Crippen molar-refractivity contribution in [2.75, 3.05) is 32.4 Å². The van der Waals surface area contributed by atoms with Gasteiger partial charge in [0.15, 0.2) is 9.84 Å². The fourth-order valence-corrected chi connectivity index (χ4v) is 4.69. The zero-order valence-corrected chi connectivity index (χ0v) is 16.4. The van der Waals surface area contributed by atoms with Gasteiger partial charge in [-0.05, 0) is 63.0 Å². The molecule has 0 unspecified atom stereocenters. The highest BCUT2D eigenvalue weighted by atomic mass is 79.9. The van der Waals surface area contributed by atoms with E-state index in [1.54, 1.807) is 18.2 Å². The maximum atomic E-state index is 12.1. The van der Waals surface area contributed by atoms with E-state index < -0.39 is 21.5 Å². The highest BCUT2D eigenvalue weighted by Gasteiger charge is 2.19. The van der Waals surface area contributed by atoms with Gasteiger partial charge in [-0.1, -0.05) is 28.1 Å². The van der Waals surface area contributed by atoms with Crippen molar-refractivity contribution in [3.05, 3.63) is 34.3 Å². The first-order valence-corrected chi connectivity index (χ1v) is 10.9. The molecule has 0 spiro atoms. The van der Waals surface area contributed by atoms with Crippen LogP contribution in [0.25, 0.3) is 0 Å². The third kappa shape index (κ3) is 6.91. The summed E-state index contributed by atoms with van der Waals surface area (Å²) in [5, 5.41) is 2.75. The molecule has 0 aromatic heterocycles. The standard InChI is InChI=1S/C17H25BrN2O3S/c1-20-9-6-14(7-10-20)5-8-19-17(21)13-24(22,23)12-15-3-2-4-16(18)11-15/h2-4,11,14H,5-10,12-13H2,1H3,(H,19,21). The number of hydrogen-bond acceptors (Lipinski definition) is 4. The van der Waals surface area contributed by atoms with E-state index in [0.29, 0.717) is 18.0 Å². The summed E-state index contributed by atoms with van der Waals surface area (Å²) in [5.74, 6) is -0.348. The molecule has 134 valence electrons. The fraction of sp³-hybridized carbons (Fsp3) is 0.588. The van der Waals surface area contributed by atoms with Gasteiger partial charge in [0.1, 0.15) is 5.75 Å². The number of piperidine rings is 1. The van der Waals surface area contributed by atoms with Crippen molar-refractivity contribution in [3.8, 4) is 0 Å². The summed E-state index contributed by atoms with van der Waals surface area (Å²) in [6.45, 7) is 2.75. The van der Waals surface area contributed by atoms with Crippen molar-refractivity contribution in [1.29, 1.82) is 0 Å². The average Bonchev–Trinajstić information content (AvgIpc) is 2.48. The number of benzene rings is 1. The minimum Gasteiger partial charge on any atom is -0.355 e. The molecule has 5 nitrogen and oxygen atoms in total. The minimum atomic E-state index is -3.45. The second-order valence-electron chi connectivity index (χ2n) is 6.55. The van der Waals surface area contributed by atoms with Crippen LogP contribution in [0.15, 0.2) is 28.7 Å². The molecule has 1 N–H and O–H groups in total. The van der Waals surface area contributed by atoms with E-state index in [1.807, 2.05) is 6.07 Å². The zero-order valence-electron chi connectivity index (χ0n) is 14.0. The summed E-state index contributed by atoms with van der Waals surface area (Å²) >= 11 is 3.32. The molecule has 1 fully saturated rings. The van der Waals surface area contributed by atoms with Crippen molar-refractivity contribution in [3.63, 3.8) is 0 Å². The summed E-state index contributed by atoms with van der Waals surface area (Å²) in [6, 6.07) is 7.14. The molecule has 2 rings (SSSR count). The lowest BCUT2D eigenvalue weighted by molar-refractivity contribution is -0.118. The van der Waals surface area contributed by atoms with Crippen molar-refractivity contribution in [2.24, 2.45) is 5.92 Å². The van der Waals surface area contributed by atoms with Crippen LogP contribution in [-0.2, 0) is 20.4 Å². The lowest BCUT2D eigenvalue weighted by Crippen LogP contribution is -2.34. The Labute approximate surface area is 152 Å². The largest absolute Gasteiger partial charge is 0.355 e. The monoisotopic (exact) mass is 416 g/mol. The molecule has 1 saturated heterocycles. The van der Waals surface area contributed by atoms with Gasteiger partial charge in [-0.2, -0.15) is 0 Å². The molecule has 1 aromatic rings. The van der Waals surface area contributed by atoms with Gasteiger partial charge < -0.3 is 10.2 Å². The van der Waals surface area contributed by atoms with Crippen LogP contribution in [-0.4, -0.2) is 51.7 Å². The van der Waals surface area contributed by atoms with Gasteiger partial charge in [0, 0.05) is 11.0 Å². The molecule has 1 amide bonds. The van der Waals surface area contributed by atoms with Crippen LogP contribution in [0.4, 0.5) is 0 Å². The second kappa shape index (κ2) is 8.97. The van der Waals surface area contributed by atoms with Crippen molar-refractivity contribution in [2.45, 2.75) is 25.0 Å². The van der Waals surface area contributed by atoms with Gasteiger partial charge in [-0.3, -0.25) is 4.79 Å². The highest BCUT2D eigenvalue weighted by Crippen LogP contribution is 2.18.